The Balaban J connectivity index is 1.98. The summed E-state index contributed by atoms with van der Waals surface area (Å²) in [7, 11) is 2.22. The maximum atomic E-state index is 6.00. The second kappa shape index (κ2) is 7.28. The van der Waals surface area contributed by atoms with E-state index < -0.39 is 0 Å². The van der Waals surface area contributed by atoms with Crippen molar-refractivity contribution >= 4 is 0 Å². The number of nitrogens with zero attached hydrogens (tertiary/aromatic N) is 1. The third-order valence-electron chi connectivity index (χ3n) is 4.83. The molecule has 1 fully saturated rings. The summed E-state index contributed by atoms with van der Waals surface area (Å²) >= 11 is 0. The Morgan fingerprint density at radius 1 is 1.35 bits per heavy atom. The molecular formula is C17H30N2O. The van der Waals surface area contributed by atoms with Crippen molar-refractivity contribution in [2.75, 3.05) is 13.6 Å². The van der Waals surface area contributed by atoms with E-state index in [1.54, 1.807) is 0 Å². The van der Waals surface area contributed by atoms with Gasteiger partial charge in [-0.1, -0.05) is 26.2 Å². The molecule has 3 nitrogen and oxygen atoms in total. The van der Waals surface area contributed by atoms with E-state index in [0.29, 0.717) is 12.0 Å². The zero-order valence-corrected chi connectivity index (χ0v) is 13.3. The highest BCUT2D eigenvalue weighted by Crippen LogP contribution is 2.34. The Bertz CT molecular complexity index is 401. The zero-order valence-electron chi connectivity index (χ0n) is 13.3. The quantitative estimate of drug-likeness (QED) is 0.865. The lowest BCUT2D eigenvalue weighted by atomic mass is 9.76. The van der Waals surface area contributed by atoms with Crippen molar-refractivity contribution < 1.29 is 4.42 Å². The normalized spacial score (nSPS) is 27.1. The van der Waals surface area contributed by atoms with Gasteiger partial charge in [-0.25, -0.2) is 0 Å². The van der Waals surface area contributed by atoms with Crippen LogP contribution in [0.2, 0.25) is 0 Å². The number of aryl methyl sites for hydroxylation is 1. The van der Waals surface area contributed by atoms with E-state index in [1.807, 2.05) is 13.0 Å². The molecular weight excluding hydrogens is 248 g/mol. The van der Waals surface area contributed by atoms with Crippen molar-refractivity contribution in [1.29, 1.82) is 0 Å². The van der Waals surface area contributed by atoms with Crippen LogP contribution in [0.1, 0.15) is 50.5 Å². The maximum absolute atomic E-state index is 6.00. The predicted molar refractivity (Wildman–Crippen MR) is 83.5 cm³/mol. The van der Waals surface area contributed by atoms with Crippen molar-refractivity contribution in [2.45, 2.75) is 58.5 Å². The highest BCUT2D eigenvalue weighted by atomic mass is 16.3. The lowest BCUT2D eigenvalue weighted by Gasteiger charge is -2.40. The van der Waals surface area contributed by atoms with Crippen LogP contribution >= 0.6 is 0 Å². The summed E-state index contributed by atoms with van der Waals surface area (Å²) in [4.78, 5) is 2.46. The van der Waals surface area contributed by atoms with Gasteiger partial charge in [0.05, 0.1) is 6.54 Å². The van der Waals surface area contributed by atoms with Crippen molar-refractivity contribution in [3.05, 3.63) is 23.7 Å². The summed E-state index contributed by atoms with van der Waals surface area (Å²) in [5, 5.41) is 0. The highest BCUT2D eigenvalue weighted by Gasteiger charge is 2.32. The van der Waals surface area contributed by atoms with Gasteiger partial charge in [0.15, 0.2) is 0 Å². The summed E-state index contributed by atoms with van der Waals surface area (Å²) in [6, 6.07) is 4.75. The van der Waals surface area contributed by atoms with Crippen LogP contribution in [0.25, 0.3) is 0 Å². The van der Waals surface area contributed by atoms with E-state index in [1.165, 1.54) is 32.1 Å². The largest absolute Gasteiger partial charge is 0.465 e. The number of nitrogens with two attached hydrogens (primary N) is 1. The molecule has 3 atom stereocenters. The molecule has 0 amide bonds. The molecule has 2 rings (SSSR count). The first-order chi connectivity index (χ1) is 9.63. The second-order valence-electron chi connectivity index (χ2n) is 6.46. The minimum atomic E-state index is 0.607. The van der Waals surface area contributed by atoms with Gasteiger partial charge >= 0.3 is 0 Å². The Morgan fingerprint density at radius 2 is 2.15 bits per heavy atom. The molecule has 1 aromatic rings. The molecule has 0 spiro atoms. The van der Waals surface area contributed by atoms with Crippen molar-refractivity contribution in [2.24, 2.45) is 17.6 Å². The predicted octanol–water partition coefficient (Wildman–Crippen LogP) is 3.56. The van der Waals surface area contributed by atoms with E-state index in [2.05, 4.69) is 24.9 Å². The summed E-state index contributed by atoms with van der Waals surface area (Å²) in [5.74, 6) is 3.59. The smallest absolute Gasteiger partial charge is 0.118 e. The molecule has 3 unspecified atom stereocenters. The Labute approximate surface area is 123 Å². The first-order valence-corrected chi connectivity index (χ1v) is 8.09. The van der Waals surface area contributed by atoms with Crippen LogP contribution in [0.15, 0.2) is 16.5 Å². The minimum Gasteiger partial charge on any atom is -0.465 e. The Hall–Kier alpha value is -0.800. The van der Waals surface area contributed by atoms with Crippen molar-refractivity contribution in [3.8, 4) is 0 Å². The van der Waals surface area contributed by atoms with Crippen LogP contribution in [0.5, 0.6) is 0 Å². The van der Waals surface area contributed by atoms with Gasteiger partial charge in [-0.15, -0.1) is 0 Å². The van der Waals surface area contributed by atoms with Crippen LogP contribution in [0.4, 0.5) is 0 Å². The molecule has 2 N–H and O–H groups in total. The second-order valence-corrected chi connectivity index (χ2v) is 6.46. The van der Waals surface area contributed by atoms with E-state index in [0.717, 1.165) is 30.5 Å². The molecule has 0 bridgehead atoms. The molecule has 0 aliphatic heterocycles. The third-order valence-corrected chi connectivity index (χ3v) is 4.83. The van der Waals surface area contributed by atoms with E-state index in [-0.39, 0.29) is 0 Å². The fourth-order valence-corrected chi connectivity index (χ4v) is 3.71. The number of hydrogen-bond acceptors (Lipinski definition) is 3. The summed E-state index contributed by atoms with van der Waals surface area (Å²) < 4.78 is 5.72. The summed E-state index contributed by atoms with van der Waals surface area (Å²) in [5.41, 5.74) is 6.00. The maximum Gasteiger partial charge on any atom is 0.118 e. The molecule has 0 saturated heterocycles. The fourth-order valence-electron chi connectivity index (χ4n) is 3.71. The minimum absolute atomic E-state index is 0.607. The fraction of sp³-hybridized carbons (Fsp3) is 0.765. The molecule has 1 heterocycles. The first kappa shape index (κ1) is 15.6. The summed E-state index contributed by atoms with van der Waals surface area (Å²) in [6.07, 6.45) is 6.60. The lowest BCUT2D eigenvalue weighted by Crippen LogP contribution is -2.44. The van der Waals surface area contributed by atoms with Gasteiger partial charge in [-0.05, 0) is 57.3 Å². The van der Waals surface area contributed by atoms with E-state index in [4.69, 9.17) is 10.2 Å². The molecule has 0 aromatic carbocycles. The molecule has 1 aromatic heterocycles. The van der Waals surface area contributed by atoms with Crippen LogP contribution in [0.3, 0.4) is 0 Å². The average Bonchev–Trinajstić information content (AvgIpc) is 2.84. The van der Waals surface area contributed by atoms with Crippen LogP contribution in [-0.4, -0.2) is 24.5 Å². The number of rotatable bonds is 6. The molecule has 1 aliphatic carbocycles. The molecule has 1 saturated carbocycles. The molecule has 114 valence electrons. The van der Waals surface area contributed by atoms with Gasteiger partial charge in [-0.2, -0.15) is 0 Å². The van der Waals surface area contributed by atoms with Crippen molar-refractivity contribution in [1.82, 2.24) is 4.90 Å². The average molecular weight is 278 g/mol. The SMILES string of the molecule is CCCC1CCC(CN)C(N(C)Cc2ccc(C)o2)C1. The number of hydrogen-bond donors (Lipinski definition) is 1. The molecule has 0 radical (unpaired) electrons. The Morgan fingerprint density at radius 3 is 2.75 bits per heavy atom. The van der Waals surface area contributed by atoms with Gasteiger partial charge in [0.25, 0.3) is 0 Å². The number of furan rings is 1. The van der Waals surface area contributed by atoms with Crippen LogP contribution in [0, 0.1) is 18.8 Å². The molecule has 3 heteroatoms. The monoisotopic (exact) mass is 278 g/mol. The van der Waals surface area contributed by atoms with Crippen molar-refractivity contribution in [3.63, 3.8) is 0 Å². The topological polar surface area (TPSA) is 42.4 Å². The third kappa shape index (κ3) is 3.86. The van der Waals surface area contributed by atoms with Crippen LogP contribution < -0.4 is 5.73 Å². The lowest BCUT2D eigenvalue weighted by molar-refractivity contribution is 0.0892. The highest BCUT2D eigenvalue weighted by molar-refractivity contribution is 5.05. The van der Waals surface area contributed by atoms with Gasteiger partial charge in [0.2, 0.25) is 0 Å². The molecule has 20 heavy (non-hydrogen) atoms. The van der Waals surface area contributed by atoms with E-state index in [9.17, 15) is 0 Å². The Kier molecular flexibility index (Phi) is 5.67. The zero-order chi connectivity index (χ0) is 14.5. The standard InChI is InChI=1S/C17H30N2O/c1-4-5-14-7-8-15(11-18)17(10-14)19(3)12-16-9-6-13(2)20-16/h6,9,14-15,17H,4-5,7-8,10-12,18H2,1-3H3. The summed E-state index contributed by atoms with van der Waals surface area (Å²) in [6.45, 7) is 6.00. The van der Waals surface area contributed by atoms with Gasteiger partial charge < -0.3 is 10.2 Å². The van der Waals surface area contributed by atoms with Crippen LogP contribution in [-0.2, 0) is 6.54 Å². The van der Waals surface area contributed by atoms with Gasteiger partial charge in [0, 0.05) is 6.04 Å². The molecule has 1 aliphatic rings. The van der Waals surface area contributed by atoms with E-state index >= 15 is 0 Å². The van der Waals surface area contributed by atoms with Gasteiger partial charge in [-0.3, -0.25) is 4.90 Å². The first-order valence-electron chi connectivity index (χ1n) is 8.09. The van der Waals surface area contributed by atoms with Gasteiger partial charge in [0.1, 0.15) is 11.5 Å².